The summed E-state index contributed by atoms with van der Waals surface area (Å²) < 4.78 is 0. The number of anilines is 1. The third-order valence-electron chi connectivity index (χ3n) is 3.31. The average molecular weight is 297 g/mol. The molecule has 1 unspecified atom stereocenters. The molecular formula is C17H19N3O2. The van der Waals surface area contributed by atoms with E-state index in [9.17, 15) is 9.59 Å². The summed E-state index contributed by atoms with van der Waals surface area (Å²) >= 11 is 0. The number of nitrogens with one attached hydrogen (secondary N) is 2. The summed E-state index contributed by atoms with van der Waals surface area (Å²) in [5.41, 5.74) is 7.25. The number of amides is 2. The number of para-hydroxylation sites is 1. The molecule has 0 aliphatic rings. The quantitative estimate of drug-likeness (QED) is 0.763. The Labute approximate surface area is 129 Å². The maximum absolute atomic E-state index is 12.0. The Hall–Kier alpha value is -2.82. The molecule has 22 heavy (non-hydrogen) atoms. The number of carbonyl (C=O) groups excluding carboxylic acids is 2. The van der Waals surface area contributed by atoms with Crippen LogP contribution in [-0.2, 0) is 4.79 Å². The molecule has 0 heterocycles. The van der Waals surface area contributed by atoms with E-state index in [4.69, 9.17) is 5.73 Å². The minimum Gasteiger partial charge on any atom is -0.376 e. The van der Waals surface area contributed by atoms with Gasteiger partial charge in [0, 0.05) is 5.69 Å². The number of nitrogens with two attached hydrogens (primary N) is 1. The van der Waals surface area contributed by atoms with E-state index >= 15 is 0 Å². The lowest BCUT2D eigenvalue weighted by molar-refractivity contribution is -0.120. The molecule has 0 aromatic heterocycles. The van der Waals surface area contributed by atoms with E-state index in [1.807, 2.05) is 37.3 Å². The molecule has 2 aromatic carbocycles. The first kappa shape index (κ1) is 15.6. The van der Waals surface area contributed by atoms with E-state index in [1.165, 1.54) is 0 Å². The SMILES string of the molecule is CC(NC(=O)CNc1ccccc1C(N)=O)c1ccccc1. The Morgan fingerprint density at radius 3 is 2.36 bits per heavy atom. The summed E-state index contributed by atoms with van der Waals surface area (Å²) in [6, 6.07) is 16.5. The maximum atomic E-state index is 12.0. The molecule has 0 spiro atoms. The highest BCUT2D eigenvalue weighted by molar-refractivity contribution is 5.99. The molecule has 5 heteroatoms. The highest BCUT2D eigenvalue weighted by Crippen LogP contribution is 2.14. The Kier molecular flexibility index (Phi) is 5.14. The molecule has 2 amide bonds. The van der Waals surface area contributed by atoms with Crippen molar-refractivity contribution in [2.75, 3.05) is 11.9 Å². The zero-order valence-corrected chi connectivity index (χ0v) is 12.4. The van der Waals surface area contributed by atoms with Crippen LogP contribution in [0.1, 0.15) is 28.9 Å². The van der Waals surface area contributed by atoms with Crippen molar-refractivity contribution in [3.63, 3.8) is 0 Å². The molecule has 0 fully saturated rings. The minimum absolute atomic E-state index is 0.0709. The van der Waals surface area contributed by atoms with Crippen LogP contribution in [0.5, 0.6) is 0 Å². The van der Waals surface area contributed by atoms with Crippen LogP contribution in [-0.4, -0.2) is 18.4 Å². The van der Waals surface area contributed by atoms with Crippen LogP contribution in [0.15, 0.2) is 54.6 Å². The second kappa shape index (κ2) is 7.26. The average Bonchev–Trinajstić information content (AvgIpc) is 2.54. The van der Waals surface area contributed by atoms with Gasteiger partial charge in [-0.3, -0.25) is 9.59 Å². The van der Waals surface area contributed by atoms with Gasteiger partial charge < -0.3 is 16.4 Å². The molecule has 4 N–H and O–H groups in total. The molecular weight excluding hydrogens is 278 g/mol. The van der Waals surface area contributed by atoms with Gasteiger partial charge in [-0.15, -0.1) is 0 Å². The fraction of sp³-hybridized carbons (Fsp3) is 0.176. The number of hydrogen-bond acceptors (Lipinski definition) is 3. The van der Waals surface area contributed by atoms with Gasteiger partial charge in [-0.25, -0.2) is 0 Å². The third kappa shape index (κ3) is 4.09. The van der Waals surface area contributed by atoms with Crippen LogP contribution in [0.3, 0.4) is 0 Å². The normalized spacial score (nSPS) is 11.5. The van der Waals surface area contributed by atoms with Gasteiger partial charge in [0.15, 0.2) is 0 Å². The number of rotatable bonds is 6. The Morgan fingerprint density at radius 2 is 1.68 bits per heavy atom. The lowest BCUT2D eigenvalue weighted by Crippen LogP contribution is -2.32. The van der Waals surface area contributed by atoms with Gasteiger partial charge in [0.25, 0.3) is 5.91 Å². The third-order valence-corrected chi connectivity index (χ3v) is 3.31. The summed E-state index contributed by atoms with van der Waals surface area (Å²) in [6.45, 7) is 1.99. The predicted octanol–water partition coefficient (Wildman–Crippen LogP) is 2.07. The van der Waals surface area contributed by atoms with E-state index in [1.54, 1.807) is 24.3 Å². The van der Waals surface area contributed by atoms with Gasteiger partial charge in [-0.1, -0.05) is 42.5 Å². The zero-order valence-electron chi connectivity index (χ0n) is 12.4. The smallest absolute Gasteiger partial charge is 0.250 e. The van der Waals surface area contributed by atoms with Crippen molar-refractivity contribution in [3.8, 4) is 0 Å². The van der Waals surface area contributed by atoms with E-state index in [2.05, 4.69) is 10.6 Å². The van der Waals surface area contributed by atoms with E-state index in [-0.39, 0.29) is 18.5 Å². The highest BCUT2D eigenvalue weighted by Gasteiger charge is 2.11. The molecule has 2 rings (SSSR count). The molecule has 0 aliphatic heterocycles. The summed E-state index contributed by atoms with van der Waals surface area (Å²) in [7, 11) is 0. The minimum atomic E-state index is -0.527. The van der Waals surface area contributed by atoms with E-state index in [0.717, 1.165) is 5.56 Å². The summed E-state index contributed by atoms with van der Waals surface area (Å²) in [5, 5.41) is 5.84. The molecule has 1 atom stereocenters. The lowest BCUT2D eigenvalue weighted by Gasteiger charge is -2.15. The highest BCUT2D eigenvalue weighted by atomic mass is 16.2. The van der Waals surface area contributed by atoms with E-state index in [0.29, 0.717) is 11.3 Å². The van der Waals surface area contributed by atoms with Crippen molar-refractivity contribution in [2.45, 2.75) is 13.0 Å². The van der Waals surface area contributed by atoms with Gasteiger partial charge in [-0.05, 0) is 24.6 Å². The van der Waals surface area contributed by atoms with Crippen LogP contribution in [0.25, 0.3) is 0 Å². The first-order valence-electron chi connectivity index (χ1n) is 7.05. The second-order valence-corrected chi connectivity index (χ2v) is 4.96. The maximum Gasteiger partial charge on any atom is 0.250 e. The number of hydrogen-bond donors (Lipinski definition) is 3. The summed E-state index contributed by atoms with van der Waals surface area (Å²) in [6.07, 6.45) is 0. The molecule has 0 saturated carbocycles. The molecule has 5 nitrogen and oxygen atoms in total. The standard InChI is InChI=1S/C17H19N3O2/c1-12(13-7-3-2-4-8-13)20-16(21)11-19-15-10-6-5-9-14(15)17(18)22/h2-10,12,19H,11H2,1H3,(H2,18,22)(H,20,21). The Balaban J connectivity index is 1.92. The van der Waals surface area contributed by atoms with Gasteiger partial charge in [0.1, 0.15) is 0 Å². The van der Waals surface area contributed by atoms with Crippen molar-refractivity contribution in [1.29, 1.82) is 0 Å². The largest absolute Gasteiger partial charge is 0.376 e. The predicted molar refractivity (Wildman–Crippen MR) is 86.4 cm³/mol. The molecule has 0 radical (unpaired) electrons. The van der Waals surface area contributed by atoms with Crippen LogP contribution < -0.4 is 16.4 Å². The van der Waals surface area contributed by atoms with Crippen molar-refractivity contribution >= 4 is 17.5 Å². The number of benzene rings is 2. The Morgan fingerprint density at radius 1 is 1.05 bits per heavy atom. The van der Waals surface area contributed by atoms with Crippen molar-refractivity contribution in [2.24, 2.45) is 5.73 Å². The first-order valence-corrected chi connectivity index (χ1v) is 7.05. The van der Waals surface area contributed by atoms with Gasteiger partial charge in [-0.2, -0.15) is 0 Å². The molecule has 114 valence electrons. The van der Waals surface area contributed by atoms with Crippen molar-refractivity contribution < 1.29 is 9.59 Å². The van der Waals surface area contributed by atoms with Crippen molar-refractivity contribution in [3.05, 3.63) is 65.7 Å². The van der Waals surface area contributed by atoms with Gasteiger partial charge in [0.05, 0.1) is 18.2 Å². The number of primary amides is 1. The fourth-order valence-electron chi connectivity index (χ4n) is 2.15. The molecule has 0 aliphatic carbocycles. The molecule has 0 saturated heterocycles. The monoisotopic (exact) mass is 297 g/mol. The van der Waals surface area contributed by atoms with E-state index < -0.39 is 5.91 Å². The van der Waals surface area contributed by atoms with Crippen molar-refractivity contribution in [1.82, 2.24) is 5.32 Å². The Bertz CT molecular complexity index is 656. The molecule has 0 bridgehead atoms. The topological polar surface area (TPSA) is 84.2 Å². The first-order chi connectivity index (χ1) is 10.6. The van der Waals surface area contributed by atoms with Crippen LogP contribution in [0.4, 0.5) is 5.69 Å². The summed E-state index contributed by atoms with van der Waals surface area (Å²) in [4.78, 5) is 23.3. The van der Waals surface area contributed by atoms with Gasteiger partial charge >= 0.3 is 0 Å². The van der Waals surface area contributed by atoms with Crippen LogP contribution in [0.2, 0.25) is 0 Å². The fourth-order valence-corrected chi connectivity index (χ4v) is 2.15. The van der Waals surface area contributed by atoms with Crippen LogP contribution >= 0.6 is 0 Å². The summed E-state index contributed by atoms with van der Waals surface area (Å²) in [5.74, 6) is -0.684. The molecule has 2 aromatic rings. The second-order valence-electron chi connectivity index (χ2n) is 4.96. The van der Waals surface area contributed by atoms with Gasteiger partial charge in [0.2, 0.25) is 5.91 Å². The number of carbonyl (C=O) groups is 2. The zero-order chi connectivity index (χ0) is 15.9. The van der Waals surface area contributed by atoms with Crippen LogP contribution in [0, 0.1) is 0 Å². The lowest BCUT2D eigenvalue weighted by atomic mass is 10.1.